The van der Waals surface area contributed by atoms with Crippen LogP contribution in [0.3, 0.4) is 0 Å². The van der Waals surface area contributed by atoms with Crippen molar-refractivity contribution in [2.24, 2.45) is 5.73 Å². The molecule has 1 aliphatic heterocycles. The second-order valence-corrected chi connectivity index (χ2v) is 7.77. The molecule has 0 bridgehead atoms. The number of hydrogen-bond acceptors (Lipinski definition) is 7. The predicted octanol–water partition coefficient (Wildman–Crippen LogP) is 1.20. The number of nitrogens with two attached hydrogens (primary N) is 1. The van der Waals surface area contributed by atoms with Gasteiger partial charge in [-0.2, -0.15) is 0 Å². The smallest absolute Gasteiger partial charge is 0.221 e. The second kappa shape index (κ2) is 7.84. The molecule has 0 aliphatic carbocycles. The SMILES string of the molecule is C[C@@]1(O)[C@@H](COc2cccc(CC(N)=O)c2)O[C@@H](n2ccc3c(Cl)ncnc32)[C@@H]1O. The fourth-order valence-corrected chi connectivity index (χ4v) is 3.74. The normalized spacial score (nSPS) is 26.2. The summed E-state index contributed by atoms with van der Waals surface area (Å²) in [5.74, 6) is 0.0556. The molecule has 1 aromatic carbocycles. The van der Waals surface area contributed by atoms with Gasteiger partial charge in [-0.3, -0.25) is 4.79 Å². The van der Waals surface area contributed by atoms with Crippen molar-refractivity contribution >= 4 is 28.5 Å². The van der Waals surface area contributed by atoms with Crippen LogP contribution >= 0.6 is 11.6 Å². The Bertz CT molecular complexity index is 1090. The zero-order valence-electron chi connectivity index (χ0n) is 16.1. The number of aliphatic hydroxyl groups excluding tert-OH is 1. The molecule has 1 aliphatic rings. The molecule has 4 N–H and O–H groups in total. The van der Waals surface area contributed by atoms with E-state index in [4.69, 9.17) is 26.8 Å². The van der Waals surface area contributed by atoms with Crippen molar-refractivity contribution in [1.29, 1.82) is 0 Å². The summed E-state index contributed by atoms with van der Waals surface area (Å²) in [4.78, 5) is 19.3. The van der Waals surface area contributed by atoms with E-state index in [1.165, 1.54) is 13.3 Å². The van der Waals surface area contributed by atoms with Crippen molar-refractivity contribution in [2.45, 2.75) is 37.4 Å². The molecule has 4 rings (SSSR count). The number of nitrogens with zero attached hydrogens (tertiary/aromatic N) is 3. The number of aliphatic hydroxyl groups is 2. The summed E-state index contributed by atoms with van der Waals surface area (Å²) in [5, 5.41) is 22.5. The number of carbonyl (C=O) groups is 1. The summed E-state index contributed by atoms with van der Waals surface area (Å²) in [5.41, 5.74) is 4.85. The molecule has 9 nitrogen and oxygen atoms in total. The maximum absolute atomic E-state index is 11.1. The maximum atomic E-state index is 11.1. The second-order valence-electron chi connectivity index (χ2n) is 7.41. The number of amides is 1. The topological polar surface area (TPSA) is 133 Å². The van der Waals surface area contributed by atoms with E-state index in [-0.39, 0.29) is 18.2 Å². The largest absolute Gasteiger partial charge is 0.491 e. The van der Waals surface area contributed by atoms with Gasteiger partial charge in [0.2, 0.25) is 5.91 Å². The van der Waals surface area contributed by atoms with Crippen LogP contribution in [0.5, 0.6) is 5.75 Å². The highest BCUT2D eigenvalue weighted by Gasteiger charge is 2.53. The molecule has 1 amide bonds. The number of fused-ring (bicyclic) bond motifs is 1. The first-order chi connectivity index (χ1) is 14.3. The maximum Gasteiger partial charge on any atom is 0.221 e. The highest BCUT2D eigenvalue weighted by Crippen LogP contribution is 2.39. The molecule has 1 fully saturated rings. The Morgan fingerprint density at radius 2 is 2.20 bits per heavy atom. The Hall–Kier alpha value is -2.72. The van der Waals surface area contributed by atoms with Gasteiger partial charge in [0.25, 0.3) is 0 Å². The third kappa shape index (κ3) is 3.72. The number of ether oxygens (including phenoxy) is 2. The first kappa shape index (κ1) is 20.5. The van der Waals surface area contributed by atoms with Gasteiger partial charge < -0.3 is 30.0 Å². The molecule has 3 heterocycles. The summed E-state index contributed by atoms with van der Waals surface area (Å²) in [6.07, 6.45) is 0.134. The van der Waals surface area contributed by atoms with E-state index in [9.17, 15) is 15.0 Å². The van der Waals surface area contributed by atoms with Crippen LogP contribution in [0.25, 0.3) is 11.0 Å². The fourth-order valence-electron chi connectivity index (χ4n) is 3.55. The van der Waals surface area contributed by atoms with Crippen LogP contribution in [-0.2, 0) is 16.0 Å². The van der Waals surface area contributed by atoms with Gasteiger partial charge in [0, 0.05) is 6.20 Å². The van der Waals surface area contributed by atoms with E-state index in [0.29, 0.717) is 22.3 Å². The average molecular weight is 433 g/mol. The van der Waals surface area contributed by atoms with Gasteiger partial charge in [0.05, 0.1) is 11.8 Å². The third-order valence-electron chi connectivity index (χ3n) is 5.24. The van der Waals surface area contributed by atoms with Crippen LogP contribution in [0.4, 0.5) is 0 Å². The molecule has 10 heteroatoms. The van der Waals surface area contributed by atoms with Crippen molar-refractivity contribution in [3.05, 3.63) is 53.6 Å². The number of hydrogen-bond donors (Lipinski definition) is 3. The van der Waals surface area contributed by atoms with Crippen LogP contribution in [0.15, 0.2) is 42.9 Å². The van der Waals surface area contributed by atoms with Crippen LogP contribution in [-0.4, -0.2) is 55.1 Å². The zero-order valence-corrected chi connectivity index (χ0v) is 16.9. The standard InChI is InChI=1S/C20H21ClN4O5/c1-20(28)14(9-29-12-4-2-3-11(7-12)8-15(22)26)30-19(16(20)27)25-6-5-13-17(21)23-10-24-18(13)25/h2-7,10,14,16,19,27-28H,8-9H2,1H3,(H2,22,26)/t14-,16+,19-,20-/m1/s1. The summed E-state index contributed by atoms with van der Waals surface area (Å²) in [6.45, 7) is 1.47. The van der Waals surface area contributed by atoms with E-state index >= 15 is 0 Å². The number of benzene rings is 1. The van der Waals surface area contributed by atoms with Gasteiger partial charge in [0.15, 0.2) is 6.23 Å². The number of primary amides is 1. The Kier molecular flexibility index (Phi) is 5.37. The molecule has 2 aromatic heterocycles. The van der Waals surface area contributed by atoms with E-state index in [0.717, 1.165) is 0 Å². The van der Waals surface area contributed by atoms with Crippen molar-refractivity contribution in [3.63, 3.8) is 0 Å². The monoisotopic (exact) mass is 432 g/mol. The molecule has 4 atom stereocenters. The summed E-state index contributed by atoms with van der Waals surface area (Å²) < 4.78 is 13.3. The minimum atomic E-state index is -1.58. The minimum Gasteiger partial charge on any atom is -0.491 e. The Morgan fingerprint density at radius 3 is 2.97 bits per heavy atom. The fraction of sp³-hybridized carbons (Fsp3) is 0.350. The molecule has 0 spiro atoms. The third-order valence-corrected chi connectivity index (χ3v) is 5.54. The van der Waals surface area contributed by atoms with Gasteiger partial charge in [-0.25, -0.2) is 9.97 Å². The molecular weight excluding hydrogens is 412 g/mol. The quantitative estimate of drug-likeness (QED) is 0.498. The molecule has 30 heavy (non-hydrogen) atoms. The van der Waals surface area contributed by atoms with Crippen molar-refractivity contribution in [3.8, 4) is 5.75 Å². The van der Waals surface area contributed by atoms with E-state index in [1.54, 1.807) is 41.1 Å². The van der Waals surface area contributed by atoms with Crippen LogP contribution in [0.2, 0.25) is 5.15 Å². The molecule has 0 saturated carbocycles. The first-order valence-electron chi connectivity index (χ1n) is 9.30. The predicted molar refractivity (Wildman–Crippen MR) is 108 cm³/mol. The first-order valence-corrected chi connectivity index (χ1v) is 9.68. The Balaban J connectivity index is 1.52. The highest BCUT2D eigenvalue weighted by atomic mass is 35.5. The molecule has 0 radical (unpaired) electrons. The van der Waals surface area contributed by atoms with Crippen LogP contribution < -0.4 is 10.5 Å². The molecule has 1 saturated heterocycles. The summed E-state index contributed by atoms with van der Waals surface area (Å²) in [7, 11) is 0. The van der Waals surface area contributed by atoms with Crippen molar-refractivity contribution in [2.75, 3.05) is 6.61 Å². The van der Waals surface area contributed by atoms with Gasteiger partial charge >= 0.3 is 0 Å². The zero-order chi connectivity index (χ0) is 21.5. The lowest BCUT2D eigenvalue weighted by Gasteiger charge is -2.26. The van der Waals surface area contributed by atoms with E-state index in [2.05, 4.69) is 9.97 Å². The highest BCUT2D eigenvalue weighted by molar-refractivity contribution is 6.33. The van der Waals surface area contributed by atoms with Gasteiger partial charge in [-0.1, -0.05) is 23.7 Å². The van der Waals surface area contributed by atoms with Gasteiger partial charge in [-0.05, 0) is 30.7 Å². The molecular formula is C20H21ClN4O5. The van der Waals surface area contributed by atoms with Crippen LogP contribution in [0, 0.1) is 0 Å². The number of halogens is 1. The number of aromatic nitrogens is 3. The van der Waals surface area contributed by atoms with E-state index < -0.39 is 29.9 Å². The summed E-state index contributed by atoms with van der Waals surface area (Å²) in [6, 6.07) is 8.65. The molecule has 0 unspecified atom stereocenters. The van der Waals surface area contributed by atoms with E-state index in [1.807, 2.05) is 0 Å². The number of carbonyl (C=O) groups excluding carboxylic acids is 1. The lowest BCUT2D eigenvalue weighted by molar-refractivity contribution is -0.117. The number of rotatable bonds is 6. The minimum absolute atomic E-state index is 0.0183. The molecule has 3 aromatic rings. The van der Waals surface area contributed by atoms with Crippen molar-refractivity contribution in [1.82, 2.24) is 14.5 Å². The van der Waals surface area contributed by atoms with Gasteiger partial charge in [0.1, 0.15) is 47.3 Å². The Labute approximate surface area is 177 Å². The Morgan fingerprint density at radius 1 is 1.40 bits per heavy atom. The lowest BCUT2D eigenvalue weighted by Crippen LogP contribution is -2.47. The lowest BCUT2D eigenvalue weighted by atomic mass is 9.95. The van der Waals surface area contributed by atoms with Crippen molar-refractivity contribution < 1.29 is 24.5 Å². The van der Waals surface area contributed by atoms with Crippen LogP contribution in [0.1, 0.15) is 18.7 Å². The molecule has 158 valence electrons. The summed E-state index contributed by atoms with van der Waals surface area (Å²) >= 11 is 6.09. The van der Waals surface area contributed by atoms with Gasteiger partial charge in [-0.15, -0.1) is 0 Å². The average Bonchev–Trinajstić information content (AvgIpc) is 3.21.